The summed E-state index contributed by atoms with van der Waals surface area (Å²) in [5.41, 5.74) is 1.78. The average Bonchev–Trinajstić information content (AvgIpc) is 2.51. The van der Waals surface area contributed by atoms with E-state index >= 15 is 0 Å². The van der Waals surface area contributed by atoms with Gasteiger partial charge in [0.15, 0.2) is 0 Å². The fourth-order valence-corrected chi connectivity index (χ4v) is 2.16. The molecular weight excluding hydrogens is 416 g/mol. The Morgan fingerprint density at radius 2 is 2.32 bits per heavy atom. The summed E-state index contributed by atoms with van der Waals surface area (Å²) in [5, 5.41) is 2.65. The van der Waals surface area contributed by atoms with Crippen LogP contribution in [-0.2, 0) is 28.9 Å². The zero-order valence-corrected chi connectivity index (χ0v) is 13.6. The number of benzene rings is 1. The summed E-state index contributed by atoms with van der Waals surface area (Å²) in [5.74, 6) is 0.242. The molecule has 100 valence electrons. The molecular formula is C13H14N2O3W. The third kappa shape index (κ3) is 2.92. The van der Waals surface area contributed by atoms with E-state index in [2.05, 4.69) is 5.32 Å². The Morgan fingerprint density at radius 1 is 1.58 bits per heavy atom. The summed E-state index contributed by atoms with van der Waals surface area (Å²) in [7, 11) is 1.69. The van der Waals surface area contributed by atoms with Crippen molar-refractivity contribution in [2.24, 2.45) is 0 Å². The quantitative estimate of drug-likeness (QED) is 0.729. The first-order chi connectivity index (χ1) is 9.02. The summed E-state index contributed by atoms with van der Waals surface area (Å²) in [6.07, 6.45) is 0. The molecule has 1 aliphatic rings. The number of nitrogens with zero attached hydrogens (tertiary/aromatic N) is 1. The van der Waals surface area contributed by atoms with Crippen LogP contribution in [0.1, 0.15) is 5.56 Å². The number of amides is 2. The summed E-state index contributed by atoms with van der Waals surface area (Å²) in [6, 6.07) is 5.02. The first-order valence-corrected chi connectivity index (χ1v) is 7.49. The van der Waals surface area contributed by atoms with Gasteiger partial charge in [0.05, 0.1) is 0 Å². The number of rotatable bonds is 2. The molecule has 6 heteroatoms. The van der Waals surface area contributed by atoms with Gasteiger partial charge < -0.3 is 0 Å². The van der Waals surface area contributed by atoms with Crippen LogP contribution in [0.5, 0.6) is 5.75 Å². The van der Waals surface area contributed by atoms with E-state index in [4.69, 9.17) is 4.74 Å². The standard InChI is InChI=1S/C13H14N2O3.W/c1-8-4-5-12-11(6-8)15(3)13(17)10(7-18-12)14-9(2)16;/h2,4-6,10H,7H2,1,3H3,(H,14,16);. The van der Waals surface area contributed by atoms with Crippen molar-refractivity contribution in [3.8, 4) is 5.75 Å². The Kier molecular flexibility index (Phi) is 4.15. The minimum absolute atomic E-state index is 0.147. The molecule has 0 saturated carbocycles. The van der Waals surface area contributed by atoms with Crippen LogP contribution in [0.25, 0.3) is 0 Å². The molecule has 1 atom stereocenters. The molecule has 5 nitrogen and oxygen atoms in total. The van der Waals surface area contributed by atoms with Crippen LogP contribution in [-0.4, -0.2) is 35.9 Å². The molecule has 0 bridgehead atoms. The van der Waals surface area contributed by atoms with Crippen LogP contribution < -0.4 is 15.0 Å². The Morgan fingerprint density at radius 3 is 3.00 bits per heavy atom. The molecule has 1 aromatic rings. The van der Waals surface area contributed by atoms with Gasteiger partial charge in [-0.1, -0.05) is 0 Å². The van der Waals surface area contributed by atoms with Gasteiger partial charge in [-0.15, -0.1) is 0 Å². The number of anilines is 1. The Bertz CT molecular complexity index is 545. The first-order valence-electron chi connectivity index (χ1n) is 5.79. The second kappa shape index (κ2) is 5.66. The number of nitrogens with one attached hydrogen (secondary N) is 1. The number of ether oxygens (including phenoxy) is 1. The maximum atomic E-state index is 12.3. The van der Waals surface area contributed by atoms with E-state index in [-0.39, 0.29) is 18.4 Å². The molecule has 1 heterocycles. The van der Waals surface area contributed by atoms with E-state index in [1.54, 1.807) is 7.05 Å². The summed E-state index contributed by atoms with van der Waals surface area (Å²) in [6.45, 7) is 2.10. The molecule has 1 N–H and O–H groups in total. The Hall–Kier alpha value is -1.48. The first kappa shape index (κ1) is 13.9. The minimum atomic E-state index is -0.652. The zero-order valence-electron chi connectivity index (χ0n) is 10.7. The average molecular weight is 430 g/mol. The molecule has 1 unspecified atom stereocenters. The second-order valence-corrected chi connectivity index (χ2v) is 5.21. The Labute approximate surface area is 122 Å². The van der Waals surface area contributed by atoms with Gasteiger partial charge >= 0.3 is 122 Å². The van der Waals surface area contributed by atoms with Crippen molar-refractivity contribution in [3.05, 3.63) is 23.8 Å². The third-order valence-corrected chi connectivity index (χ3v) is 3.70. The van der Waals surface area contributed by atoms with Crippen molar-refractivity contribution in [2.45, 2.75) is 13.0 Å². The molecule has 19 heavy (non-hydrogen) atoms. The van der Waals surface area contributed by atoms with Gasteiger partial charge in [0.25, 0.3) is 0 Å². The van der Waals surface area contributed by atoms with Crippen molar-refractivity contribution in [1.29, 1.82) is 0 Å². The molecule has 2 amide bonds. The molecule has 0 spiro atoms. The number of aryl methyl sites for hydroxylation is 1. The molecule has 1 aliphatic heterocycles. The van der Waals surface area contributed by atoms with Gasteiger partial charge in [0.1, 0.15) is 0 Å². The SMILES string of the molecule is Cc1ccc2c(c1)N(C)C(=O)C(NC(=O)[CH]=[W])CO2. The molecule has 0 saturated heterocycles. The van der Waals surface area contributed by atoms with Crippen molar-refractivity contribution in [2.75, 3.05) is 18.6 Å². The van der Waals surface area contributed by atoms with Gasteiger partial charge in [0.2, 0.25) is 0 Å². The molecule has 0 radical (unpaired) electrons. The molecule has 2 rings (SSSR count). The van der Waals surface area contributed by atoms with Gasteiger partial charge in [0, 0.05) is 0 Å². The van der Waals surface area contributed by atoms with Gasteiger partial charge in [-0.05, 0) is 0 Å². The Balaban J connectivity index is 2.29. The predicted molar refractivity (Wildman–Crippen MR) is 68.1 cm³/mol. The van der Waals surface area contributed by atoms with Crippen LogP contribution in [0.15, 0.2) is 18.2 Å². The molecule has 0 fully saturated rings. The van der Waals surface area contributed by atoms with Crippen LogP contribution in [0, 0.1) is 6.92 Å². The topological polar surface area (TPSA) is 58.6 Å². The van der Waals surface area contributed by atoms with E-state index in [9.17, 15) is 9.59 Å². The van der Waals surface area contributed by atoms with Gasteiger partial charge in [-0.25, -0.2) is 0 Å². The van der Waals surface area contributed by atoms with Gasteiger partial charge in [-0.3, -0.25) is 0 Å². The van der Waals surface area contributed by atoms with Crippen LogP contribution >= 0.6 is 0 Å². The van der Waals surface area contributed by atoms with Crippen LogP contribution in [0.3, 0.4) is 0 Å². The fourth-order valence-electron chi connectivity index (χ4n) is 1.92. The van der Waals surface area contributed by atoms with E-state index in [0.717, 1.165) is 30.6 Å². The number of likely N-dealkylation sites (N-methyl/N-ethyl adjacent to an activating group) is 1. The maximum absolute atomic E-state index is 12.3. The van der Waals surface area contributed by atoms with Crippen molar-refractivity contribution in [3.63, 3.8) is 0 Å². The van der Waals surface area contributed by atoms with Crippen LogP contribution in [0.2, 0.25) is 0 Å². The number of hydrogen-bond acceptors (Lipinski definition) is 3. The third-order valence-electron chi connectivity index (χ3n) is 2.93. The zero-order chi connectivity index (χ0) is 14.0. The second-order valence-electron chi connectivity index (χ2n) is 4.36. The molecule has 0 aliphatic carbocycles. The molecule has 0 aromatic heterocycles. The van der Waals surface area contributed by atoms with E-state index in [1.807, 2.05) is 25.1 Å². The van der Waals surface area contributed by atoms with Crippen LogP contribution in [0.4, 0.5) is 5.69 Å². The fraction of sp³-hybridized carbons (Fsp3) is 0.308. The van der Waals surface area contributed by atoms with Crippen molar-refractivity contribution < 1.29 is 33.7 Å². The monoisotopic (exact) mass is 430 g/mol. The summed E-state index contributed by atoms with van der Waals surface area (Å²) < 4.78 is 7.09. The van der Waals surface area contributed by atoms with Crippen molar-refractivity contribution >= 4 is 21.9 Å². The number of fused-ring (bicyclic) bond motifs is 1. The predicted octanol–water partition coefficient (Wildman–Crippen LogP) is 0.184. The van der Waals surface area contributed by atoms with E-state index in [1.165, 1.54) is 9.30 Å². The molecule has 1 aromatic carbocycles. The number of carbonyl (C=O) groups is 2. The van der Waals surface area contributed by atoms with Gasteiger partial charge in [-0.2, -0.15) is 0 Å². The summed E-state index contributed by atoms with van der Waals surface area (Å²) in [4.78, 5) is 25.2. The number of carbonyl (C=O) groups excluding carboxylic acids is 2. The van der Waals surface area contributed by atoms with E-state index in [0.29, 0.717) is 5.75 Å². The number of hydrogen-bond donors (Lipinski definition) is 1. The normalized spacial score (nSPS) is 18.1. The summed E-state index contributed by atoms with van der Waals surface area (Å²) >= 11 is 1.04. The van der Waals surface area contributed by atoms with Crippen molar-refractivity contribution in [1.82, 2.24) is 5.32 Å². The van der Waals surface area contributed by atoms with E-state index < -0.39 is 6.04 Å².